The number of hydrogen-bond donors (Lipinski definition) is 0. The summed E-state index contributed by atoms with van der Waals surface area (Å²) in [5.74, 6) is 3.11. The summed E-state index contributed by atoms with van der Waals surface area (Å²) in [5, 5.41) is 5.21. The maximum Gasteiger partial charge on any atom is 0.153 e. The lowest BCUT2D eigenvalue weighted by atomic mass is 10.4. The highest BCUT2D eigenvalue weighted by atomic mass is 31.2. The third-order valence-corrected chi connectivity index (χ3v) is 13.3. The van der Waals surface area contributed by atoms with Crippen molar-refractivity contribution in [1.29, 1.82) is 0 Å². The van der Waals surface area contributed by atoms with Gasteiger partial charge in [0.25, 0.3) is 0 Å². The predicted octanol–water partition coefficient (Wildman–Crippen LogP) is 5.14. The molecule has 4 aromatic carbocycles. The first-order chi connectivity index (χ1) is 15.2. The summed E-state index contributed by atoms with van der Waals surface area (Å²) >= 11 is 0. The summed E-state index contributed by atoms with van der Waals surface area (Å²) < 4.78 is 0. The summed E-state index contributed by atoms with van der Waals surface area (Å²) in [5.41, 5.74) is 0. The molecule has 0 heterocycles. The molecular weight excluding hydrogens is 414 g/mol. The van der Waals surface area contributed by atoms with Crippen molar-refractivity contribution >= 4 is 47.6 Å². The number of hydrogen-bond acceptors (Lipinski definition) is 1. The van der Waals surface area contributed by atoms with Crippen LogP contribution in [0.25, 0.3) is 0 Å². The van der Waals surface area contributed by atoms with E-state index >= 15 is 0 Å². The smallest absolute Gasteiger partial charge is 0.153 e. The van der Waals surface area contributed by atoms with Gasteiger partial charge in [-0.25, -0.2) is 0 Å². The SMILES string of the molecule is CC(=O)C=P(CP(c1ccccc1)c1ccccc1)(c1ccccc1)c1ccccc1. The van der Waals surface area contributed by atoms with Crippen LogP contribution in [0.2, 0.25) is 0 Å². The van der Waals surface area contributed by atoms with Crippen molar-refractivity contribution in [2.75, 3.05) is 5.90 Å². The topological polar surface area (TPSA) is 17.1 Å². The quantitative estimate of drug-likeness (QED) is 0.364. The van der Waals surface area contributed by atoms with Crippen LogP contribution in [0.15, 0.2) is 121 Å². The Morgan fingerprint density at radius 3 is 1.35 bits per heavy atom. The molecule has 31 heavy (non-hydrogen) atoms. The first-order valence-electron chi connectivity index (χ1n) is 10.4. The Morgan fingerprint density at radius 2 is 1.00 bits per heavy atom. The molecule has 3 heteroatoms. The van der Waals surface area contributed by atoms with Gasteiger partial charge in [0.1, 0.15) is 0 Å². The summed E-state index contributed by atoms with van der Waals surface area (Å²) in [7, 11) is -0.651. The van der Waals surface area contributed by atoms with E-state index in [-0.39, 0.29) is 5.78 Å². The second-order valence-electron chi connectivity index (χ2n) is 7.52. The van der Waals surface area contributed by atoms with Crippen LogP contribution in [0.4, 0.5) is 0 Å². The molecule has 1 nitrogen and oxygen atoms in total. The van der Waals surface area contributed by atoms with E-state index < -0.39 is 14.8 Å². The largest absolute Gasteiger partial charge is 0.295 e. The number of carbonyl (C=O) groups excluding carboxylic acids is 1. The van der Waals surface area contributed by atoms with Crippen molar-refractivity contribution in [3.63, 3.8) is 0 Å². The molecule has 0 aliphatic carbocycles. The van der Waals surface area contributed by atoms with E-state index in [1.807, 2.05) is 17.9 Å². The van der Waals surface area contributed by atoms with Gasteiger partial charge in [-0.3, -0.25) is 4.79 Å². The molecule has 0 saturated carbocycles. The predicted molar refractivity (Wildman–Crippen MR) is 140 cm³/mol. The molecule has 0 aliphatic heterocycles. The molecule has 0 fully saturated rings. The molecule has 0 N–H and O–H groups in total. The standard InChI is InChI=1S/C28H26OP2/c1-24(29)22-31(27-18-10-4-11-19-27,28-20-12-5-13-21-28)23-30(25-14-6-2-7-15-25)26-16-8-3-9-17-26/h2-22H,23H2,1H3. The Labute approximate surface area is 186 Å². The zero-order valence-electron chi connectivity index (χ0n) is 17.6. The number of carbonyl (C=O) groups is 1. The monoisotopic (exact) mass is 440 g/mol. The van der Waals surface area contributed by atoms with Gasteiger partial charge in [-0.15, -0.1) is 0 Å². The van der Waals surface area contributed by atoms with Crippen LogP contribution in [-0.4, -0.2) is 17.5 Å². The zero-order chi connectivity index (χ0) is 21.5. The maximum absolute atomic E-state index is 12.6. The van der Waals surface area contributed by atoms with Crippen LogP contribution in [0, 0.1) is 0 Å². The summed E-state index contributed by atoms with van der Waals surface area (Å²) in [4.78, 5) is 12.6. The van der Waals surface area contributed by atoms with Gasteiger partial charge in [0.15, 0.2) is 5.78 Å². The van der Waals surface area contributed by atoms with E-state index in [4.69, 9.17) is 0 Å². The molecule has 0 spiro atoms. The van der Waals surface area contributed by atoms with Crippen molar-refractivity contribution < 1.29 is 4.79 Å². The molecule has 0 aromatic heterocycles. The molecule has 4 rings (SSSR count). The van der Waals surface area contributed by atoms with E-state index in [0.717, 1.165) is 5.90 Å². The molecule has 0 radical (unpaired) electrons. The second-order valence-corrected chi connectivity index (χ2v) is 13.6. The van der Waals surface area contributed by atoms with Gasteiger partial charge in [0.05, 0.1) is 0 Å². The van der Waals surface area contributed by atoms with Gasteiger partial charge in [-0.1, -0.05) is 121 Å². The molecule has 154 valence electrons. The van der Waals surface area contributed by atoms with Gasteiger partial charge in [-0.2, -0.15) is 0 Å². The molecule has 0 aliphatic rings. The lowest BCUT2D eigenvalue weighted by Crippen LogP contribution is -2.25. The third-order valence-electron chi connectivity index (χ3n) is 5.34. The maximum atomic E-state index is 12.6. The summed E-state index contributed by atoms with van der Waals surface area (Å²) in [6.07, 6.45) is 0. The minimum absolute atomic E-state index is 0.136. The van der Waals surface area contributed by atoms with Crippen molar-refractivity contribution in [1.82, 2.24) is 0 Å². The molecule has 0 bridgehead atoms. The van der Waals surface area contributed by atoms with Crippen LogP contribution in [0.3, 0.4) is 0 Å². The fourth-order valence-corrected chi connectivity index (χ4v) is 12.7. The fraction of sp³-hybridized carbons (Fsp3) is 0.0714. The lowest BCUT2D eigenvalue weighted by molar-refractivity contribution is -0.110. The first-order valence-corrected chi connectivity index (χ1v) is 14.0. The average molecular weight is 440 g/mol. The van der Waals surface area contributed by atoms with Crippen LogP contribution in [-0.2, 0) is 4.79 Å². The fourth-order valence-electron chi connectivity index (χ4n) is 3.95. The molecule has 4 aromatic rings. The first kappa shape index (κ1) is 21.5. The lowest BCUT2D eigenvalue weighted by Gasteiger charge is -2.32. The Bertz CT molecular complexity index is 1090. The van der Waals surface area contributed by atoms with Crippen molar-refractivity contribution in [2.45, 2.75) is 6.92 Å². The normalized spacial score (nSPS) is 11.3. The molecule has 0 atom stereocenters. The minimum Gasteiger partial charge on any atom is -0.295 e. The Balaban J connectivity index is 1.98. The molecular formula is C28H26OP2. The Hall–Kier alpha value is -2.72. The highest BCUT2D eigenvalue weighted by Gasteiger charge is 2.28. The van der Waals surface area contributed by atoms with E-state index in [9.17, 15) is 4.79 Å². The Kier molecular flexibility index (Phi) is 6.98. The van der Waals surface area contributed by atoms with Gasteiger partial charge >= 0.3 is 0 Å². The van der Waals surface area contributed by atoms with E-state index in [1.54, 1.807) is 6.92 Å². The van der Waals surface area contributed by atoms with Gasteiger partial charge in [0.2, 0.25) is 0 Å². The van der Waals surface area contributed by atoms with Crippen LogP contribution < -0.4 is 21.2 Å². The van der Waals surface area contributed by atoms with Crippen LogP contribution in [0.1, 0.15) is 6.92 Å². The number of ketones is 1. The van der Waals surface area contributed by atoms with Crippen LogP contribution in [0.5, 0.6) is 0 Å². The highest BCUT2D eigenvalue weighted by Crippen LogP contribution is 2.55. The van der Waals surface area contributed by atoms with Gasteiger partial charge in [-0.05, 0) is 48.7 Å². The third kappa shape index (κ3) is 4.96. The zero-order valence-corrected chi connectivity index (χ0v) is 19.4. The van der Waals surface area contributed by atoms with Crippen molar-refractivity contribution in [3.8, 4) is 0 Å². The number of benzene rings is 4. The van der Waals surface area contributed by atoms with E-state index in [2.05, 4.69) is 109 Å². The van der Waals surface area contributed by atoms with Crippen molar-refractivity contribution in [3.05, 3.63) is 121 Å². The molecule has 0 amide bonds. The van der Waals surface area contributed by atoms with E-state index in [1.165, 1.54) is 21.2 Å². The number of Topliss-reactive ketones (excluding diaryl/α,β-unsaturated/α-hetero) is 1. The van der Waals surface area contributed by atoms with E-state index in [0.29, 0.717) is 0 Å². The summed E-state index contributed by atoms with van der Waals surface area (Å²) in [6.45, 7) is -0.401. The van der Waals surface area contributed by atoms with Gasteiger partial charge in [0, 0.05) is 5.90 Å². The summed E-state index contributed by atoms with van der Waals surface area (Å²) in [6, 6.07) is 42.8. The van der Waals surface area contributed by atoms with Crippen molar-refractivity contribution in [2.24, 2.45) is 0 Å². The minimum atomic E-state index is -2.09. The average Bonchev–Trinajstić information content (AvgIpc) is 2.84. The Morgan fingerprint density at radius 1 is 0.645 bits per heavy atom. The number of rotatable bonds is 7. The molecule has 0 saturated heterocycles. The van der Waals surface area contributed by atoms with Crippen LogP contribution >= 0.6 is 14.8 Å². The molecule has 0 unspecified atom stereocenters. The van der Waals surface area contributed by atoms with Gasteiger partial charge < -0.3 is 0 Å². The highest BCUT2D eigenvalue weighted by molar-refractivity contribution is 7.98. The second kappa shape index (κ2) is 10.1.